The summed E-state index contributed by atoms with van der Waals surface area (Å²) < 4.78 is 7.92. The van der Waals surface area contributed by atoms with Gasteiger partial charge in [-0.2, -0.15) is 5.10 Å². The highest BCUT2D eigenvalue weighted by Crippen LogP contribution is 2.40. The average molecular weight is 292 g/mol. The highest BCUT2D eigenvalue weighted by atomic mass is 35.5. The van der Waals surface area contributed by atoms with Crippen LogP contribution >= 0.6 is 11.6 Å². The molecule has 0 amide bonds. The third-order valence-electron chi connectivity index (χ3n) is 4.47. The van der Waals surface area contributed by atoms with Crippen LogP contribution in [0.5, 0.6) is 0 Å². The molecule has 3 heterocycles. The molecule has 4 rings (SSSR count). The lowest BCUT2D eigenvalue weighted by Crippen LogP contribution is -2.19. The van der Waals surface area contributed by atoms with Gasteiger partial charge in [-0.15, -0.1) is 0 Å². The van der Waals surface area contributed by atoms with E-state index >= 15 is 0 Å². The number of aromatic nitrogens is 3. The molecule has 1 saturated carbocycles. The van der Waals surface area contributed by atoms with Crippen LogP contribution in [0.3, 0.4) is 0 Å². The summed E-state index contributed by atoms with van der Waals surface area (Å²) in [5.41, 5.74) is 3.14. The second kappa shape index (κ2) is 5.01. The van der Waals surface area contributed by atoms with Crippen LogP contribution in [-0.2, 0) is 4.74 Å². The molecule has 4 nitrogen and oxygen atoms in total. The normalized spacial score (nSPS) is 23.9. The van der Waals surface area contributed by atoms with Crippen LogP contribution in [0.4, 0.5) is 0 Å². The van der Waals surface area contributed by atoms with Gasteiger partial charge in [-0.3, -0.25) is 0 Å². The van der Waals surface area contributed by atoms with Gasteiger partial charge in [0.05, 0.1) is 11.2 Å². The van der Waals surface area contributed by atoms with Crippen LogP contribution in [0.1, 0.15) is 56.4 Å². The molecular weight excluding hydrogens is 274 g/mol. The van der Waals surface area contributed by atoms with Crippen LogP contribution in [0.25, 0.3) is 11.0 Å². The first-order chi connectivity index (χ1) is 9.83. The Morgan fingerprint density at radius 2 is 2.05 bits per heavy atom. The Kier molecular flexibility index (Phi) is 3.15. The van der Waals surface area contributed by atoms with Crippen LogP contribution in [0.2, 0.25) is 5.15 Å². The zero-order valence-electron chi connectivity index (χ0n) is 11.4. The van der Waals surface area contributed by atoms with Crippen molar-refractivity contribution in [2.45, 2.75) is 50.7 Å². The van der Waals surface area contributed by atoms with Gasteiger partial charge < -0.3 is 4.74 Å². The Morgan fingerprint density at radius 1 is 1.15 bits per heavy atom. The Balaban J connectivity index is 1.83. The minimum Gasteiger partial charge on any atom is -0.356 e. The lowest BCUT2D eigenvalue weighted by Gasteiger charge is -2.24. The number of pyridine rings is 1. The second-order valence-electron chi connectivity index (χ2n) is 5.78. The van der Waals surface area contributed by atoms with Gasteiger partial charge in [0.1, 0.15) is 10.7 Å². The lowest BCUT2D eigenvalue weighted by atomic mass is 9.82. The van der Waals surface area contributed by atoms with Crippen LogP contribution in [-0.4, -0.2) is 21.4 Å². The standard InChI is InChI=1S/C15H18ClN3O/c16-12-8-7-11-15(17-12)14(10-4-3-5-10)18-19(11)13-6-1-2-9-20-13/h7-8,10,13H,1-6,9H2. The number of nitrogens with zero attached hydrogens (tertiary/aromatic N) is 3. The number of halogens is 1. The van der Waals surface area contributed by atoms with E-state index in [1.54, 1.807) is 0 Å². The van der Waals surface area contributed by atoms with Gasteiger partial charge in [-0.1, -0.05) is 18.0 Å². The fourth-order valence-electron chi connectivity index (χ4n) is 3.11. The van der Waals surface area contributed by atoms with E-state index in [4.69, 9.17) is 21.4 Å². The summed E-state index contributed by atoms with van der Waals surface area (Å²) in [5, 5.41) is 5.39. The smallest absolute Gasteiger partial charge is 0.150 e. The van der Waals surface area contributed by atoms with E-state index in [1.165, 1.54) is 25.7 Å². The topological polar surface area (TPSA) is 39.9 Å². The lowest BCUT2D eigenvalue weighted by molar-refractivity contribution is -0.0370. The molecule has 1 aliphatic heterocycles. The van der Waals surface area contributed by atoms with Crippen molar-refractivity contribution in [2.24, 2.45) is 0 Å². The highest BCUT2D eigenvalue weighted by molar-refractivity contribution is 6.29. The van der Waals surface area contributed by atoms with Crippen molar-refractivity contribution in [3.63, 3.8) is 0 Å². The van der Waals surface area contributed by atoms with E-state index in [-0.39, 0.29) is 6.23 Å². The van der Waals surface area contributed by atoms with Crippen LogP contribution in [0.15, 0.2) is 12.1 Å². The minimum atomic E-state index is 0.0584. The number of hydrogen-bond donors (Lipinski definition) is 0. The van der Waals surface area contributed by atoms with Crippen LogP contribution < -0.4 is 0 Å². The monoisotopic (exact) mass is 291 g/mol. The SMILES string of the molecule is Clc1ccc2c(n1)c(C1CCC1)nn2C1CCCCO1. The zero-order chi connectivity index (χ0) is 13.5. The van der Waals surface area contributed by atoms with E-state index in [0.29, 0.717) is 11.1 Å². The van der Waals surface area contributed by atoms with Gasteiger partial charge in [0.2, 0.25) is 0 Å². The van der Waals surface area contributed by atoms with Gasteiger partial charge in [-0.25, -0.2) is 9.67 Å². The van der Waals surface area contributed by atoms with Gasteiger partial charge in [0.15, 0.2) is 6.23 Å². The minimum absolute atomic E-state index is 0.0584. The van der Waals surface area contributed by atoms with E-state index in [2.05, 4.69) is 4.98 Å². The Labute approximate surface area is 123 Å². The van der Waals surface area contributed by atoms with Crippen LogP contribution in [0, 0.1) is 0 Å². The predicted molar refractivity (Wildman–Crippen MR) is 78.0 cm³/mol. The van der Waals surface area contributed by atoms with Crippen molar-refractivity contribution in [1.29, 1.82) is 0 Å². The van der Waals surface area contributed by atoms with Gasteiger partial charge in [0.25, 0.3) is 0 Å². The molecule has 5 heteroatoms. The molecule has 1 atom stereocenters. The third-order valence-corrected chi connectivity index (χ3v) is 4.68. The summed E-state index contributed by atoms with van der Waals surface area (Å²) in [7, 11) is 0. The maximum atomic E-state index is 6.07. The Morgan fingerprint density at radius 3 is 2.75 bits per heavy atom. The largest absolute Gasteiger partial charge is 0.356 e. The fraction of sp³-hybridized carbons (Fsp3) is 0.600. The van der Waals surface area contributed by atoms with Crippen molar-refractivity contribution in [2.75, 3.05) is 6.61 Å². The van der Waals surface area contributed by atoms with E-state index in [0.717, 1.165) is 36.2 Å². The van der Waals surface area contributed by atoms with Crippen molar-refractivity contribution < 1.29 is 4.74 Å². The second-order valence-corrected chi connectivity index (χ2v) is 6.17. The van der Waals surface area contributed by atoms with E-state index < -0.39 is 0 Å². The van der Waals surface area contributed by atoms with Gasteiger partial charge >= 0.3 is 0 Å². The van der Waals surface area contributed by atoms with Crippen molar-refractivity contribution in [3.8, 4) is 0 Å². The molecule has 2 fully saturated rings. The molecule has 2 aromatic heterocycles. The predicted octanol–water partition coefficient (Wildman–Crippen LogP) is 4.05. The first-order valence-electron chi connectivity index (χ1n) is 7.49. The molecule has 0 bridgehead atoms. The molecule has 0 N–H and O–H groups in total. The highest BCUT2D eigenvalue weighted by Gasteiger charge is 2.28. The van der Waals surface area contributed by atoms with Crippen molar-refractivity contribution in [1.82, 2.24) is 14.8 Å². The first kappa shape index (κ1) is 12.6. The quantitative estimate of drug-likeness (QED) is 0.784. The molecule has 1 unspecified atom stereocenters. The van der Waals surface area contributed by atoms with Gasteiger partial charge in [0, 0.05) is 12.5 Å². The molecule has 106 valence electrons. The summed E-state index contributed by atoms with van der Waals surface area (Å²) in [6.45, 7) is 0.825. The summed E-state index contributed by atoms with van der Waals surface area (Å²) in [6.07, 6.45) is 7.16. The summed E-state index contributed by atoms with van der Waals surface area (Å²) >= 11 is 6.07. The summed E-state index contributed by atoms with van der Waals surface area (Å²) in [6, 6.07) is 3.87. The molecule has 0 radical (unpaired) electrons. The number of rotatable bonds is 2. The molecule has 0 aromatic carbocycles. The number of ether oxygens (including phenoxy) is 1. The zero-order valence-corrected chi connectivity index (χ0v) is 12.1. The molecule has 2 aromatic rings. The fourth-order valence-corrected chi connectivity index (χ4v) is 3.26. The summed E-state index contributed by atoms with van der Waals surface area (Å²) in [4.78, 5) is 4.52. The number of hydrogen-bond acceptors (Lipinski definition) is 3. The van der Waals surface area contributed by atoms with E-state index in [9.17, 15) is 0 Å². The molecular formula is C15H18ClN3O. The first-order valence-corrected chi connectivity index (χ1v) is 7.87. The molecule has 20 heavy (non-hydrogen) atoms. The molecule has 1 saturated heterocycles. The molecule has 2 aliphatic rings. The Bertz CT molecular complexity index is 629. The molecule has 0 spiro atoms. The third kappa shape index (κ3) is 2.02. The summed E-state index contributed by atoms with van der Waals surface area (Å²) in [5.74, 6) is 0.549. The van der Waals surface area contributed by atoms with E-state index in [1.807, 2.05) is 16.8 Å². The van der Waals surface area contributed by atoms with Gasteiger partial charge in [-0.05, 0) is 44.2 Å². The Hall–Kier alpha value is -1.13. The average Bonchev–Trinajstić information content (AvgIpc) is 2.77. The van der Waals surface area contributed by atoms with Crippen molar-refractivity contribution in [3.05, 3.63) is 23.0 Å². The number of fused-ring (bicyclic) bond motifs is 1. The molecule has 1 aliphatic carbocycles. The maximum absolute atomic E-state index is 6.07. The van der Waals surface area contributed by atoms with Crippen molar-refractivity contribution >= 4 is 22.6 Å². The maximum Gasteiger partial charge on any atom is 0.150 e.